The summed E-state index contributed by atoms with van der Waals surface area (Å²) < 4.78 is 32.0. The number of halogens is 2. The Kier molecular flexibility index (Phi) is 4.27. The molecular weight excluding hydrogens is 240 g/mol. The zero-order valence-corrected chi connectivity index (χ0v) is 10.3. The second-order valence-electron chi connectivity index (χ2n) is 4.58. The highest BCUT2D eigenvalue weighted by molar-refractivity contribution is 5.32. The standard InChI is InChI=1S/C13H17F2NO2/c1-18-8-9(17)6-16-5-4-10-11(7-16)13(15)3-2-12(10)14/h2-3,9,17H,4-8H2,1H3/t9-/m1/s1. The van der Waals surface area contributed by atoms with Crippen molar-refractivity contribution in [3.8, 4) is 0 Å². The summed E-state index contributed by atoms with van der Waals surface area (Å²) in [4.78, 5) is 1.91. The summed E-state index contributed by atoms with van der Waals surface area (Å²) in [6.45, 7) is 1.60. The number of nitrogens with zero attached hydrogens (tertiary/aromatic N) is 1. The van der Waals surface area contributed by atoms with Gasteiger partial charge in [-0.2, -0.15) is 0 Å². The highest BCUT2D eigenvalue weighted by atomic mass is 19.1. The lowest BCUT2D eigenvalue weighted by Crippen LogP contribution is -2.38. The summed E-state index contributed by atoms with van der Waals surface area (Å²) in [7, 11) is 1.52. The third-order valence-electron chi connectivity index (χ3n) is 3.20. The van der Waals surface area contributed by atoms with Crippen molar-refractivity contribution in [2.75, 3.05) is 26.8 Å². The number of fused-ring (bicyclic) bond motifs is 1. The van der Waals surface area contributed by atoms with Crippen LogP contribution in [0.2, 0.25) is 0 Å². The summed E-state index contributed by atoms with van der Waals surface area (Å²) in [6.07, 6.45) is -0.133. The smallest absolute Gasteiger partial charge is 0.128 e. The molecule has 2 rings (SSSR count). The van der Waals surface area contributed by atoms with Gasteiger partial charge in [0, 0.05) is 32.3 Å². The Hall–Kier alpha value is -1.04. The number of hydrogen-bond acceptors (Lipinski definition) is 3. The monoisotopic (exact) mass is 257 g/mol. The summed E-state index contributed by atoms with van der Waals surface area (Å²) in [5.41, 5.74) is 0.873. The van der Waals surface area contributed by atoms with Crippen molar-refractivity contribution in [2.45, 2.75) is 19.1 Å². The molecule has 1 aromatic rings. The fraction of sp³-hybridized carbons (Fsp3) is 0.538. The minimum atomic E-state index is -0.604. The number of aliphatic hydroxyl groups is 1. The van der Waals surface area contributed by atoms with E-state index in [4.69, 9.17) is 4.74 Å². The number of hydrogen-bond donors (Lipinski definition) is 1. The van der Waals surface area contributed by atoms with Crippen molar-refractivity contribution in [3.05, 3.63) is 34.9 Å². The van der Waals surface area contributed by atoms with Gasteiger partial charge in [0.15, 0.2) is 0 Å². The van der Waals surface area contributed by atoms with Crippen LogP contribution in [-0.2, 0) is 17.7 Å². The van der Waals surface area contributed by atoms with Crippen molar-refractivity contribution >= 4 is 0 Å². The normalized spacial score (nSPS) is 17.6. The number of ether oxygens (including phenoxy) is 1. The number of rotatable bonds is 4. The molecule has 3 nitrogen and oxygen atoms in total. The number of methoxy groups -OCH3 is 1. The van der Waals surface area contributed by atoms with Crippen molar-refractivity contribution in [1.29, 1.82) is 0 Å². The fourth-order valence-electron chi connectivity index (χ4n) is 2.35. The molecule has 0 aliphatic carbocycles. The van der Waals surface area contributed by atoms with Gasteiger partial charge in [0.1, 0.15) is 11.6 Å². The minimum Gasteiger partial charge on any atom is -0.389 e. The van der Waals surface area contributed by atoms with Crippen molar-refractivity contribution in [2.24, 2.45) is 0 Å². The van der Waals surface area contributed by atoms with E-state index in [1.54, 1.807) is 0 Å². The maximum absolute atomic E-state index is 13.6. The molecule has 0 unspecified atom stereocenters. The van der Waals surface area contributed by atoms with Crippen LogP contribution in [0.1, 0.15) is 11.1 Å². The van der Waals surface area contributed by atoms with Crippen LogP contribution in [0.15, 0.2) is 12.1 Å². The van der Waals surface area contributed by atoms with Crippen LogP contribution < -0.4 is 0 Å². The molecule has 18 heavy (non-hydrogen) atoms. The Morgan fingerprint density at radius 1 is 1.33 bits per heavy atom. The van der Waals surface area contributed by atoms with E-state index in [9.17, 15) is 13.9 Å². The molecule has 0 saturated carbocycles. The molecular formula is C13H17F2NO2. The van der Waals surface area contributed by atoms with Crippen LogP contribution in [0.5, 0.6) is 0 Å². The van der Waals surface area contributed by atoms with Crippen LogP contribution in [0.4, 0.5) is 8.78 Å². The number of benzene rings is 1. The maximum Gasteiger partial charge on any atom is 0.128 e. The molecule has 1 N–H and O–H groups in total. The average molecular weight is 257 g/mol. The van der Waals surface area contributed by atoms with Gasteiger partial charge in [-0.1, -0.05) is 0 Å². The average Bonchev–Trinajstić information content (AvgIpc) is 2.34. The van der Waals surface area contributed by atoms with Crippen molar-refractivity contribution in [1.82, 2.24) is 4.90 Å². The van der Waals surface area contributed by atoms with Gasteiger partial charge in [-0.15, -0.1) is 0 Å². The molecule has 1 aliphatic rings. The molecule has 0 bridgehead atoms. The molecule has 1 aromatic carbocycles. The molecule has 0 amide bonds. The lowest BCUT2D eigenvalue weighted by molar-refractivity contribution is 0.0341. The van der Waals surface area contributed by atoms with Gasteiger partial charge in [0.2, 0.25) is 0 Å². The Bertz CT molecular complexity index is 426. The SMILES string of the molecule is COC[C@H](O)CN1CCc2c(F)ccc(F)c2C1. The predicted octanol–water partition coefficient (Wildman–Crippen LogP) is 1.33. The third kappa shape index (κ3) is 2.85. The molecule has 0 spiro atoms. The molecule has 0 radical (unpaired) electrons. The highest BCUT2D eigenvalue weighted by Crippen LogP contribution is 2.24. The quantitative estimate of drug-likeness (QED) is 0.883. The van der Waals surface area contributed by atoms with E-state index in [0.29, 0.717) is 37.2 Å². The molecule has 0 aromatic heterocycles. The molecule has 5 heteroatoms. The Labute approximate surface area is 105 Å². The first-order valence-electron chi connectivity index (χ1n) is 5.97. The zero-order valence-electron chi connectivity index (χ0n) is 10.3. The first-order chi connectivity index (χ1) is 8.61. The van der Waals surface area contributed by atoms with Gasteiger partial charge in [0.25, 0.3) is 0 Å². The first-order valence-corrected chi connectivity index (χ1v) is 5.97. The van der Waals surface area contributed by atoms with E-state index in [2.05, 4.69) is 0 Å². The van der Waals surface area contributed by atoms with E-state index in [1.807, 2.05) is 4.90 Å². The topological polar surface area (TPSA) is 32.7 Å². The van der Waals surface area contributed by atoms with Gasteiger partial charge in [0.05, 0.1) is 12.7 Å². The van der Waals surface area contributed by atoms with Gasteiger partial charge >= 0.3 is 0 Å². The predicted molar refractivity (Wildman–Crippen MR) is 63.2 cm³/mol. The third-order valence-corrected chi connectivity index (χ3v) is 3.20. The van der Waals surface area contributed by atoms with E-state index in [1.165, 1.54) is 13.2 Å². The molecule has 1 aliphatic heterocycles. The summed E-state index contributed by atoms with van der Waals surface area (Å²) >= 11 is 0. The van der Waals surface area contributed by atoms with Gasteiger partial charge in [-0.3, -0.25) is 4.90 Å². The largest absolute Gasteiger partial charge is 0.389 e. The molecule has 0 saturated heterocycles. The van der Waals surface area contributed by atoms with Crippen LogP contribution in [-0.4, -0.2) is 42.9 Å². The van der Waals surface area contributed by atoms with Crippen molar-refractivity contribution < 1.29 is 18.6 Å². The van der Waals surface area contributed by atoms with Crippen LogP contribution in [0.3, 0.4) is 0 Å². The summed E-state index contributed by atoms with van der Waals surface area (Å²) in [5.74, 6) is -0.721. The minimum absolute atomic E-state index is 0.245. The molecule has 100 valence electrons. The Morgan fingerprint density at radius 3 is 2.67 bits per heavy atom. The number of β-amino-alcohol motifs (C(OH)–C–C–N with tert-alkyl or cyclic N) is 1. The molecule has 0 fully saturated rings. The van der Waals surface area contributed by atoms with Crippen LogP contribution in [0.25, 0.3) is 0 Å². The van der Waals surface area contributed by atoms with Crippen LogP contribution >= 0.6 is 0 Å². The second kappa shape index (κ2) is 5.73. The fourth-order valence-corrected chi connectivity index (χ4v) is 2.35. The lowest BCUT2D eigenvalue weighted by atomic mass is 9.98. The van der Waals surface area contributed by atoms with Gasteiger partial charge in [-0.25, -0.2) is 8.78 Å². The maximum atomic E-state index is 13.6. The highest BCUT2D eigenvalue weighted by Gasteiger charge is 2.23. The summed E-state index contributed by atoms with van der Waals surface area (Å²) in [5, 5.41) is 9.64. The van der Waals surface area contributed by atoms with E-state index in [-0.39, 0.29) is 18.2 Å². The first kappa shape index (κ1) is 13.4. The van der Waals surface area contributed by atoms with E-state index >= 15 is 0 Å². The molecule has 1 atom stereocenters. The number of aliphatic hydroxyl groups excluding tert-OH is 1. The van der Waals surface area contributed by atoms with Crippen molar-refractivity contribution in [3.63, 3.8) is 0 Å². The van der Waals surface area contributed by atoms with Crippen LogP contribution in [0, 0.1) is 11.6 Å². The van der Waals surface area contributed by atoms with E-state index < -0.39 is 6.10 Å². The lowest BCUT2D eigenvalue weighted by Gasteiger charge is -2.30. The van der Waals surface area contributed by atoms with Gasteiger partial charge < -0.3 is 9.84 Å². The Morgan fingerprint density at radius 2 is 2.00 bits per heavy atom. The second-order valence-corrected chi connectivity index (χ2v) is 4.58. The molecule has 1 heterocycles. The zero-order chi connectivity index (χ0) is 13.1. The van der Waals surface area contributed by atoms with E-state index in [0.717, 1.165) is 6.07 Å². The summed E-state index contributed by atoms with van der Waals surface area (Å²) in [6, 6.07) is 2.33. The Balaban J connectivity index is 2.08. The van der Waals surface area contributed by atoms with Gasteiger partial charge in [-0.05, 0) is 24.1 Å².